The second kappa shape index (κ2) is 7.29. The van der Waals surface area contributed by atoms with Gasteiger partial charge in [-0.2, -0.15) is 0 Å². The summed E-state index contributed by atoms with van der Waals surface area (Å²) in [7, 11) is 0. The molecule has 0 saturated carbocycles. The minimum absolute atomic E-state index is 0.0286. The highest BCUT2D eigenvalue weighted by molar-refractivity contribution is 5.87. The second-order valence-corrected chi connectivity index (χ2v) is 7.91. The number of benzene rings is 2. The number of hydrogen-bond donors (Lipinski definition) is 2. The van der Waals surface area contributed by atoms with Crippen molar-refractivity contribution in [3.8, 4) is 11.3 Å². The van der Waals surface area contributed by atoms with Crippen LogP contribution in [0.4, 0.5) is 0 Å². The molecule has 0 spiro atoms. The summed E-state index contributed by atoms with van der Waals surface area (Å²) in [4.78, 5) is 18.0. The van der Waals surface area contributed by atoms with Gasteiger partial charge in [0, 0.05) is 42.8 Å². The van der Waals surface area contributed by atoms with E-state index >= 15 is 0 Å². The molecule has 1 fully saturated rings. The second-order valence-electron chi connectivity index (χ2n) is 7.91. The molecule has 1 aromatic heterocycles. The molecule has 0 radical (unpaired) electrons. The molecular formula is C23H27N3O. The van der Waals surface area contributed by atoms with Gasteiger partial charge in [-0.05, 0) is 55.0 Å². The van der Waals surface area contributed by atoms with E-state index in [1.807, 2.05) is 25.1 Å². The quantitative estimate of drug-likeness (QED) is 0.748. The molecule has 3 aromatic rings. The average Bonchev–Trinajstić information content (AvgIpc) is 2.62. The van der Waals surface area contributed by atoms with E-state index in [4.69, 9.17) is 0 Å². The van der Waals surface area contributed by atoms with E-state index in [2.05, 4.69) is 59.4 Å². The molecule has 4 rings (SSSR count). The van der Waals surface area contributed by atoms with Gasteiger partial charge in [-0.3, -0.25) is 9.69 Å². The van der Waals surface area contributed by atoms with Crippen LogP contribution in [-0.4, -0.2) is 35.1 Å². The molecule has 2 heterocycles. The highest BCUT2D eigenvalue weighted by Crippen LogP contribution is 2.23. The zero-order valence-electron chi connectivity index (χ0n) is 16.3. The van der Waals surface area contributed by atoms with Crippen LogP contribution < -0.4 is 10.9 Å². The number of aromatic amines is 1. The Bertz CT molecular complexity index is 996. The Hall–Kier alpha value is -2.43. The molecule has 2 aromatic carbocycles. The SMILES string of the molecule is Cc1cccc2c(=O)[nH]c(-c3ccc(CN4CC(C)NC(C)C4)cc3)cc12. The highest BCUT2D eigenvalue weighted by atomic mass is 16.1. The fraction of sp³-hybridized carbons (Fsp3) is 0.348. The first-order valence-electron chi connectivity index (χ1n) is 9.70. The number of piperazine rings is 1. The van der Waals surface area contributed by atoms with Crippen molar-refractivity contribution in [3.05, 3.63) is 70.0 Å². The van der Waals surface area contributed by atoms with E-state index in [0.717, 1.165) is 47.2 Å². The molecule has 2 unspecified atom stereocenters. The zero-order chi connectivity index (χ0) is 19.0. The predicted molar refractivity (Wildman–Crippen MR) is 112 cm³/mol. The van der Waals surface area contributed by atoms with Gasteiger partial charge in [-0.25, -0.2) is 0 Å². The molecule has 4 heteroatoms. The van der Waals surface area contributed by atoms with Crippen LogP contribution in [0.25, 0.3) is 22.0 Å². The largest absolute Gasteiger partial charge is 0.321 e. The first-order chi connectivity index (χ1) is 13.0. The third-order valence-corrected chi connectivity index (χ3v) is 5.41. The molecule has 140 valence electrons. The lowest BCUT2D eigenvalue weighted by atomic mass is 10.0. The monoisotopic (exact) mass is 361 g/mol. The summed E-state index contributed by atoms with van der Waals surface area (Å²) in [6, 6.07) is 17.6. The van der Waals surface area contributed by atoms with Crippen LogP contribution >= 0.6 is 0 Å². The summed E-state index contributed by atoms with van der Waals surface area (Å²) in [5.74, 6) is 0. The van der Waals surface area contributed by atoms with Gasteiger partial charge in [0.05, 0.1) is 0 Å². The van der Waals surface area contributed by atoms with Crippen LogP contribution in [0.1, 0.15) is 25.0 Å². The van der Waals surface area contributed by atoms with Gasteiger partial charge in [0.15, 0.2) is 0 Å². The number of rotatable bonds is 3. The summed E-state index contributed by atoms with van der Waals surface area (Å²) in [5.41, 5.74) is 4.32. The van der Waals surface area contributed by atoms with Crippen molar-refractivity contribution in [2.45, 2.75) is 39.4 Å². The summed E-state index contributed by atoms with van der Waals surface area (Å²) >= 11 is 0. The van der Waals surface area contributed by atoms with Crippen molar-refractivity contribution < 1.29 is 0 Å². The van der Waals surface area contributed by atoms with E-state index in [0.29, 0.717) is 12.1 Å². The zero-order valence-corrected chi connectivity index (χ0v) is 16.3. The van der Waals surface area contributed by atoms with Gasteiger partial charge in [0.1, 0.15) is 0 Å². The number of aryl methyl sites for hydroxylation is 1. The summed E-state index contributed by atoms with van der Waals surface area (Å²) < 4.78 is 0. The highest BCUT2D eigenvalue weighted by Gasteiger charge is 2.20. The van der Waals surface area contributed by atoms with Crippen LogP contribution in [0.2, 0.25) is 0 Å². The number of fused-ring (bicyclic) bond motifs is 1. The predicted octanol–water partition coefficient (Wildman–Crippen LogP) is 3.69. The van der Waals surface area contributed by atoms with Gasteiger partial charge in [0.25, 0.3) is 5.56 Å². The fourth-order valence-electron chi connectivity index (χ4n) is 4.21. The summed E-state index contributed by atoms with van der Waals surface area (Å²) in [6.45, 7) is 9.63. The molecule has 4 nitrogen and oxygen atoms in total. The number of pyridine rings is 1. The number of hydrogen-bond acceptors (Lipinski definition) is 3. The molecule has 0 amide bonds. The van der Waals surface area contributed by atoms with Gasteiger partial charge in [-0.1, -0.05) is 36.4 Å². The van der Waals surface area contributed by atoms with E-state index < -0.39 is 0 Å². The molecule has 1 aliphatic rings. The van der Waals surface area contributed by atoms with Gasteiger partial charge in [0.2, 0.25) is 0 Å². The first-order valence-corrected chi connectivity index (χ1v) is 9.70. The Morgan fingerprint density at radius 1 is 1.00 bits per heavy atom. The third-order valence-electron chi connectivity index (χ3n) is 5.41. The normalized spacial score (nSPS) is 20.9. The van der Waals surface area contributed by atoms with Crippen molar-refractivity contribution in [2.75, 3.05) is 13.1 Å². The first kappa shape index (κ1) is 18.0. The lowest BCUT2D eigenvalue weighted by Gasteiger charge is -2.36. The number of aromatic nitrogens is 1. The third kappa shape index (κ3) is 3.82. The molecule has 1 aliphatic heterocycles. The maximum atomic E-state index is 12.4. The van der Waals surface area contributed by atoms with Crippen molar-refractivity contribution in [1.82, 2.24) is 15.2 Å². The van der Waals surface area contributed by atoms with Crippen LogP contribution in [0, 0.1) is 6.92 Å². The van der Waals surface area contributed by atoms with Crippen molar-refractivity contribution in [2.24, 2.45) is 0 Å². The van der Waals surface area contributed by atoms with E-state index in [1.165, 1.54) is 5.56 Å². The minimum atomic E-state index is -0.0286. The number of H-pyrrole nitrogens is 1. The van der Waals surface area contributed by atoms with E-state index in [-0.39, 0.29) is 5.56 Å². The molecular weight excluding hydrogens is 334 g/mol. The topological polar surface area (TPSA) is 48.1 Å². The van der Waals surface area contributed by atoms with Crippen molar-refractivity contribution >= 4 is 10.8 Å². The van der Waals surface area contributed by atoms with Crippen LogP contribution in [0.15, 0.2) is 53.3 Å². The Labute approximate surface area is 160 Å². The summed E-state index contributed by atoms with van der Waals surface area (Å²) in [6.07, 6.45) is 0. The Kier molecular flexibility index (Phi) is 4.85. The maximum Gasteiger partial charge on any atom is 0.256 e. The molecule has 2 atom stereocenters. The molecule has 0 aliphatic carbocycles. The van der Waals surface area contributed by atoms with Crippen LogP contribution in [0.3, 0.4) is 0 Å². The minimum Gasteiger partial charge on any atom is -0.321 e. The van der Waals surface area contributed by atoms with Crippen LogP contribution in [-0.2, 0) is 6.54 Å². The van der Waals surface area contributed by atoms with Gasteiger partial charge < -0.3 is 10.3 Å². The Morgan fingerprint density at radius 2 is 1.70 bits per heavy atom. The fourth-order valence-corrected chi connectivity index (χ4v) is 4.21. The number of nitrogens with zero attached hydrogens (tertiary/aromatic N) is 1. The smallest absolute Gasteiger partial charge is 0.256 e. The van der Waals surface area contributed by atoms with Crippen molar-refractivity contribution in [3.63, 3.8) is 0 Å². The molecule has 1 saturated heterocycles. The van der Waals surface area contributed by atoms with Gasteiger partial charge >= 0.3 is 0 Å². The standard InChI is InChI=1S/C23H27N3O/c1-15-5-4-6-20-21(15)11-22(25-23(20)27)19-9-7-18(8-10-19)14-26-12-16(2)24-17(3)13-26/h4-11,16-17,24H,12-14H2,1-3H3,(H,25,27). The lowest BCUT2D eigenvalue weighted by Crippen LogP contribution is -2.53. The summed E-state index contributed by atoms with van der Waals surface area (Å²) in [5, 5.41) is 5.34. The lowest BCUT2D eigenvalue weighted by molar-refractivity contribution is 0.166. The molecule has 2 N–H and O–H groups in total. The molecule has 0 bridgehead atoms. The number of nitrogens with one attached hydrogen (secondary N) is 2. The van der Waals surface area contributed by atoms with Crippen LogP contribution in [0.5, 0.6) is 0 Å². The van der Waals surface area contributed by atoms with Gasteiger partial charge in [-0.15, -0.1) is 0 Å². The Morgan fingerprint density at radius 3 is 2.41 bits per heavy atom. The van der Waals surface area contributed by atoms with Crippen molar-refractivity contribution in [1.29, 1.82) is 0 Å². The maximum absolute atomic E-state index is 12.4. The average molecular weight is 361 g/mol. The molecule has 27 heavy (non-hydrogen) atoms. The van der Waals surface area contributed by atoms with E-state index in [1.54, 1.807) is 0 Å². The van der Waals surface area contributed by atoms with E-state index in [9.17, 15) is 4.79 Å². The Balaban J connectivity index is 1.58.